The monoisotopic (exact) mass is 398 g/mol. The lowest BCUT2D eigenvalue weighted by Crippen LogP contribution is -2.50. The maximum atomic E-state index is 12.4. The van der Waals surface area contributed by atoms with Crippen LogP contribution in [0.15, 0.2) is 35.2 Å². The van der Waals surface area contributed by atoms with Crippen molar-refractivity contribution < 1.29 is 33.0 Å². The fraction of sp³-hybridized carbons (Fsp3) is 0.471. The minimum atomic E-state index is -3.70. The van der Waals surface area contributed by atoms with E-state index in [4.69, 9.17) is 0 Å². The number of amides is 2. The molecule has 1 aromatic rings. The van der Waals surface area contributed by atoms with Crippen molar-refractivity contribution in [3.05, 3.63) is 30.3 Å². The molecule has 1 aliphatic rings. The van der Waals surface area contributed by atoms with Crippen molar-refractivity contribution in [3.8, 4) is 0 Å². The van der Waals surface area contributed by atoms with Crippen LogP contribution in [0.4, 0.5) is 0 Å². The quantitative estimate of drug-likeness (QED) is 0.557. The van der Waals surface area contributed by atoms with E-state index in [1.807, 2.05) is 0 Å². The van der Waals surface area contributed by atoms with Crippen molar-refractivity contribution in [1.29, 1.82) is 0 Å². The van der Waals surface area contributed by atoms with Crippen molar-refractivity contribution in [2.45, 2.75) is 42.8 Å². The summed E-state index contributed by atoms with van der Waals surface area (Å²) in [6, 6.07) is 5.20. The Bertz CT molecular complexity index is 810. The smallest absolute Gasteiger partial charge is 0.326 e. The zero-order chi connectivity index (χ0) is 20.2. The number of benzene rings is 1. The number of hydrogen-bond donors (Lipinski definition) is 3. The van der Waals surface area contributed by atoms with Gasteiger partial charge in [-0.25, -0.2) is 13.2 Å². The highest BCUT2D eigenvalue weighted by Crippen LogP contribution is 2.19. The molecule has 10 heteroatoms. The molecule has 0 aromatic heterocycles. The number of aliphatic hydroxyl groups excluding tert-OH is 1. The molecule has 3 atom stereocenters. The third-order valence-corrected chi connectivity index (χ3v) is 6.14. The average molecular weight is 398 g/mol. The molecule has 148 valence electrons. The van der Waals surface area contributed by atoms with Crippen LogP contribution in [0.2, 0.25) is 0 Å². The first-order valence-electron chi connectivity index (χ1n) is 8.38. The maximum absolute atomic E-state index is 12.4. The fourth-order valence-corrected chi connectivity index (χ4v) is 4.31. The zero-order valence-electron chi connectivity index (χ0n) is 14.7. The summed E-state index contributed by atoms with van der Waals surface area (Å²) in [6.07, 6.45) is -1.19. The molecule has 0 unspecified atom stereocenters. The minimum absolute atomic E-state index is 0.0000658. The molecule has 1 heterocycles. The highest BCUT2D eigenvalue weighted by atomic mass is 32.2. The van der Waals surface area contributed by atoms with E-state index in [-0.39, 0.29) is 24.3 Å². The number of rotatable bonds is 7. The number of carbonyl (C=O) groups is 3. The highest BCUT2D eigenvalue weighted by Gasteiger charge is 2.38. The molecule has 1 fully saturated rings. The zero-order valence-corrected chi connectivity index (χ0v) is 15.6. The van der Waals surface area contributed by atoms with Crippen molar-refractivity contribution >= 4 is 27.6 Å². The number of carbonyl (C=O) groups excluding carboxylic acids is 2. The standard InChI is InChI=1S/C17H22N2O7S/c1-11(20)19-10-12(21)9-15(19)16(22)18-14(17(23)24)7-8-27(25,26)13-5-3-2-4-6-13/h2-6,12,14-15,21H,7-10H2,1H3,(H,18,22)(H,23,24)/t12-,14+,15+/m1/s1. The summed E-state index contributed by atoms with van der Waals surface area (Å²) < 4.78 is 24.6. The van der Waals surface area contributed by atoms with Gasteiger partial charge >= 0.3 is 5.97 Å². The van der Waals surface area contributed by atoms with Gasteiger partial charge in [0, 0.05) is 19.9 Å². The minimum Gasteiger partial charge on any atom is -0.480 e. The summed E-state index contributed by atoms with van der Waals surface area (Å²) in [5.74, 6) is -2.98. The number of sulfone groups is 1. The molecule has 2 rings (SSSR count). The second kappa shape index (κ2) is 8.49. The molecule has 0 saturated carbocycles. The van der Waals surface area contributed by atoms with Gasteiger partial charge in [-0.2, -0.15) is 0 Å². The lowest BCUT2D eigenvalue weighted by molar-refractivity contribution is -0.143. The first-order valence-corrected chi connectivity index (χ1v) is 10.0. The summed E-state index contributed by atoms with van der Waals surface area (Å²) in [7, 11) is -3.70. The SMILES string of the molecule is CC(=O)N1C[C@H](O)C[C@H]1C(=O)N[C@@H](CCS(=O)(=O)c1ccccc1)C(=O)O. The molecular weight excluding hydrogens is 376 g/mol. The molecule has 3 N–H and O–H groups in total. The van der Waals surface area contributed by atoms with E-state index in [9.17, 15) is 33.0 Å². The van der Waals surface area contributed by atoms with Gasteiger partial charge in [0.25, 0.3) is 0 Å². The van der Waals surface area contributed by atoms with E-state index >= 15 is 0 Å². The predicted octanol–water partition coefficient (Wildman–Crippen LogP) is -0.598. The van der Waals surface area contributed by atoms with Gasteiger partial charge in [0.15, 0.2) is 9.84 Å². The molecule has 2 amide bonds. The van der Waals surface area contributed by atoms with Crippen LogP contribution < -0.4 is 5.32 Å². The van der Waals surface area contributed by atoms with Gasteiger partial charge in [-0.1, -0.05) is 18.2 Å². The molecule has 1 aliphatic heterocycles. The summed E-state index contributed by atoms with van der Waals surface area (Å²) >= 11 is 0. The van der Waals surface area contributed by atoms with Crippen LogP contribution in [-0.4, -0.2) is 71.8 Å². The van der Waals surface area contributed by atoms with Gasteiger partial charge in [0.2, 0.25) is 11.8 Å². The van der Waals surface area contributed by atoms with Crippen molar-refractivity contribution in [3.63, 3.8) is 0 Å². The fourth-order valence-electron chi connectivity index (χ4n) is 2.95. The Kier molecular flexibility index (Phi) is 6.55. The van der Waals surface area contributed by atoms with E-state index < -0.39 is 51.6 Å². The van der Waals surface area contributed by atoms with Crippen LogP contribution in [0.3, 0.4) is 0 Å². The summed E-state index contributed by atoms with van der Waals surface area (Å²) in [6.45, 7) is 1.24. The van der Waals surface area contributed by atoms with Crippen LogP contribution in [0.1, 0.15) is 19.8 Å². The van der Waals surface area contributed by atoms with Crippen LogP contribution in [-0.2, 0) is 24.2 Å². The van der Waals surface area contributed by atoms with Crippen molar-refractivity contribution in [2.24, 2.45) is 0 Å². The first kappa shape index (κ1) is 20.8. The molecule has 0 aliphatic carbocycles. The molecule has 0 radical (unpaired) electrons. The molecule has 1 saturated heterocycles. The van der Waals surface area contributed by atoms with Crippen LogP contribution in [0, 0.1) is 0 Å². The second-order valence-electron chi connectivity index (χ2n) is 6.40. The molecular formula is C17H22N2O7S. The number of carboxylic acid groups (broad SMARTS) is 1. The van der Waals surface area contributed by atoms with Crippen molar-refractivity contribution in [1.82, 2.24) is 10.2 Å². The van der Waals surface area contributed by atoms with Gasteiger partial charge < -0.3 is 20.4 Å². The van der Waals surface area contributed by atoms with E-state index in [1.165, 1.54) is 24.0 Å². The lowest BCUT2D eigenvalue weighted by atomic mass is 10.1. The van der Waals surface area contributed by atoms with Crippen molar-refractivity contribution in [2.75, 3.05) is 12.3 Å². The second-order valence-corrected chi connectivity index (χ2v) is 8.51. The summed E-state index contributed by atoms with van der Waals surface area (Å²) in [4.78, 5) is 36.6. The van der Waals surface area contributed by atoms with Crippen LogP contribution in [0.5, 0.6) is 0 Å². The Morgan fingerprint density at radius 2 is 1.89 bits per heavy atom. The Morgan fingerprint density at radius 3 is 2.44 bits per heavy atom. The average Bonchev–Trinajstić information content (AvgIpc) is 3.01. The van der Waals surface area contributed by atoms with Gasteiger partial charge in [0.1, 0.15) is 12.1 Å². The number of likely N-dealkylation sites (tertiary alicyclic amines) is 1. The molecule has 0 bridgehead atoms. The number of aliphatic hydroxyl groups is 1. The largest absolute Gasteiger partial charge is 0.480 e. The number of hydrogen-bond acceptors (Lipinski definition) is 6. The van der Waals surface area contributed by atoms with Gasteiger partial charge in [-0.05, 0) is 18.6 Å². The van der Waals surface area contributed by atoms with Gasteiger partial charge in [-0.3, -0.25) is 9.59 Å². The molecule has 1 aromatic carbocycles. The van der Waals surface area contributed by atoms with Crippen LogP contribution in [0.25, 0.3) is 0 Å². The van der Waals surface area contributed by atoms with E-state index in [1.54, 1.807) is 18.2 Å². The molecule has 0 spiro atoms. The Morgan fingerprint density at radius 1 is 1.26 bits per heavy atom. The lowest BCUT2D eigenvalue weighted by Gasteiger charge is -2.24. The Balaban J connectivity index is 2.04. The Labute approximate surface area is 156 Å². The topological polar surface area (TPSA) is 141 Å². The third-order valence-electron chi connectivity index (χ3n) is 4.38. The summed E-state index contributed by atoms with van der Waals surface area (Å²) in [5.41, 5.74) is 0. The van der Waals surface area contributed by atoms with E-state index in [2.05, 4.69) is 5.32 Å². The predicted molar refractivity (Wildman–Crippen MR) is 94.5 cm³/mol. The third kappa shape index (κ3) is 5.27. The van der Waals surface area contributed by atoms with Gasteiger partial charge in [-0.15, -0.1) is 0 Å². The number of aliphatic carboxylic acids is 1. The maximum Gasteiger partial charge on any atom is 0.326 e. The van der Waals surface area contributed by atoms with Gasteiger partial charge in [0.05, 0.1) is 16.8 Å². The molecule has 9 nitrogen and oxygen atoms in total. The van der Waals surface area contributed by atoms with E-state index in [0.717, 1.165) is 0 Å². The first-order chi connectivity index (χ1) is 12.6. The molecule has 27 heavy (non-hydrogen) atoms. The number of nitrogens with one attached hydrogen (secondary N) is 1. The summed E-state index contributed by atoms with van der Waals surface area (Å²) in [5, 5.41) is 21.3. The number of β-amino-alcohol motifs (C(OH)–C–C–N with tert-alkyl or cyclic N) is 1. The van der Waals surface area contributed by atoms with E-state index in [0.29, 0.717) is 0 Å². The highest BCUT2D eigenvalue weighted by molar-refractivity contribution is 7.91. The van der Waals surface area contributed by atoms with Crippen LogP contribution >= 0.6 is 0 Å². The Hall–Kier alpha value is -2.46. The number of carboxylic acids is 1. The normalized spacial score (nSPS) is 20.9. The number of nitrogens with zero attached hydrogens (tertiary/aromatic N) is 1.